The lowest BCUT2D eigenvalue weighted by atomic mass is 10.1. The molecule has 0 fully saturated rings. The maximum atomic E-state index is 12.4. The predicted molar refractivity (Wildman–Crippen MR) is 83.7 cm³/mol. The van der Waals surface area contributed by atoms with Crippen LogP contribution in [-0.2, 0) is 0 Å². The third-order valence-electron chi connectivity index (χ3n) is 3.24. The van der Waals surface area contributed by atoms with E-state index in [0.717, 1.165) is 4.90 Å². The van der Waals surface area contributed by atoms with Gasteiger partial charge in [0.15, 0.2) is 0 Å². The van der Waals surface area contributed by atoms with E-state index in [9.17, 15) is 14.4 Å². The number of imide groups is 1. The van der Waals surface area contributed by atoms with Crippen LogP contribution in [0.3, 0.4) is 0 Å². The normalized spacial score (nSPS) is 13.5. The van der Waals surface area contributed by atoms with Crippen LogP contribution in [0.5, 0.6) is 0 Å². The van der Waals surface area contributed by atoms with E-state index < -0.39 is 17.8 Å². The van der Waals surface area contributed by atoms with Gasteiger partial charge in [-0.05, 0) is 46.9 Å². The number of hydrogen-bond acceptors (Lipinski definition) is 3. The minimum absolute atomic E-state index is 0.0599. The van der Waals surface area contributed by atoms with Crippen LogP contribution in [0.25, 0.3) is 0 Å². The van der Waals surface area contributed by atoms with Gasteiger partial charge in [0.05, 0.1) is 25.9 Å². The minimum atomic E-state index is -1.10. The van der Waals surface area contributed by atoms with E-state index in [-0.39, 0.29) is 5.56 Å². The summed E-state index contributed by atoms with van der Waals surface area (Å²) in [5, 5.41) is 9.15. The maximum Gasteiger partial charge on any atom is 0.336 e. The van der Waals surface area contributed by atoms with Gasteiger partial charge in [-0.25, -0.2) is 9.69 Å². The lowest BCUT2D eigenvalue weighted by molar-refractivity contribution is 0.0694. The second-order valence-corrected chi connectivity index (χ2v) is 5.51. The summed E-state index contributed by atoms with van der Waals surface area (Å²) in [7, 11) is 0. The largest absolute Gasteiger partial charge is 0.478 e. The first kappa shape index (κ1) is 13.7. The zero-order valence-electron chi connectivity index (χ0n) is 10.5. The Balaban J connectivity index is 2.16. The Labute approximate surface area is 133 Å². The van der Waals surface area contributed by atoms with Crippen molar-refractivity contribution in [3.05, 3.63) is 62.7 Å². The number of carbonyl (C=O) groups excluding carboxylic acids is 2. The van der Waals surface area contributed by atoms with Gasteiger partial charge in [-0.1, -0.05) is 18.2 Å². The van der Waals surface area contributed by atoms with Crippen LogP contribution in [0.1, 0.15) is 31.1 Å². The van der Waals surface area contributed by atoms with Gasteiger partial charge in [0.25, 0.3) is 11.8 Å². The molecule has 2 amide bonds. The number of carbonyl (C=O) groups is 3. The number of halogens is 1. The second-order valence-electron chi connectivity index (χ2n) is 4.44. The molecule has 3 rings (SSSR count). The Morgan fingerprint density at radius 3 is 2.05 bits per heavy atom. The van der Waals surface area contributed by atoms with Crippen molar-refractivity contribution < 1.29 is 19.5 Å². The molecule has 0 radical (unpaired) electrons. The third-order valence-corrected chi connectivity index (χ3v) is 4.38. The summed E-state index contributed by atoms with van der Waals surface area (Å²) in [6, 6.07) is 11.1. The highest BCUT2D eigenvalue weighted by molar-refractivity contribution is 14.1. The van der Waals surface area contributed by atoms with Gasteiger partial charge in [0.2, 0.25) is 0 Å². The number of rotatable bonds is 2. The molecule has 21 heavy (non-hydrogen) atoms. The maximum absolute atomic E-state index is 12.4. The molecule has 1 aliphatic rings. The molecule has 0 unspecified atom stereocenters. The number of fused-ring (bicyclic) bond motifs is 1. The average Bonchev–Trinajstić information content (AvgIpc) is 2.72. The number of benzene rings is 2. The summed E-state index contributed by atoms with van der Waals surface area (Å²) < 4.78 is 0.358. The molecular formula is C15H8INO4. The van der Waals surface area contributed by atoms with Crippen molar-refractivity contribution in [1.29, 1.82) is 0 Å². The quantitative estimate of drug-likeness (QED) is 0.629. The number of carboxylic acid groups (broad SMARTS) is 1. The average molecular weight is 393 g/mol. The fourth-order valence-corrected chi connectivity index (χ4v) is 3.10. The highest BCUT2D eigenvalue weighted by Crippen LogP contribution is 2.32. The molecule has 5 nitrogen and oxygen atoms in total. The zero-order chi connectivity index (χ0) is 15.1. The van der Waals surface area contributed by atoms with Crippen molar-refractivity contribution in [2.45, 2.75) is 0 Å². The SMILES string of the molecule is O=C(O)c1cccc(N2C(=O)c3ccccc3C2=O)c1I. The number of nitrogens with zero attached hydrogens (tertiary/aromatic N) is 1. The van der Waals surface area contributed by atoms with Crippen LogP contribution in [-0.4, -0.2) is 22.9 Å². The standard InChI is InChI=1S/C15H8INO4/c16-12-10(15(20)21)6-3-7-11(12)17-13(18)8-4-1-2-5-9(8)14(17)19/h1-7H,(H,20,21). The Hall–Kier alpha value is -2.22. The van der Waals surface area contributed by atoms with Gasteiger partial charge >= 0.3 is 5.97 Å². The summed E-state index contributed by atoms with van der Waals surface area (Å²) >= 11 is 1.84. The number of anilines is 1. The van der Waals surface area contributed by atoms with Gasteiger partial charge in [-0.15, -0.1) is 0 Å². The molecule has 2 aromatic rings. The molecular weight excluding hydrogens is 385 g/mol. The van der Waals surface area contributed by atoms with Crippen LogP contribution in [0, 0.1) is 3.57 Å². The molecule has 0 aromatic heterocycles. The second kappa shape index (κ2) is 4.96. The number of hydrogen-bond donors (Lipinski definition) is 1. The van der Waals surface area contributed by atoms with Gasteiger partial charge < -0.3 is 5.11 Å². The Bertz CT molecular complexity index is 765. The molecule has 0 atom stereocenters. The molecule has 1 N–H and O–H groups in total. The zero-order valence-corrected chi connectivity index (χ0v) is 12.7. The summed E-state index contributed by atoms with van der Waals surface area (Å²) in [6.07, 6.45) is 0. The lowest BCUT2D eigenvalue weighted by Crippen LogP contribution is -2.30. The van der Waals surface area contributed by atoms with Gasteiger partial charge in [-0.2, -0.15) is 0 Å². The van der Waals surface area contributed by atoms with Crippen molar-refractivity contribution in [2.24, 2.45) is 0 Å². The van der Waals surface area contributed by atoms with Gasteiger partial charge in [-0.3, -0.25) is 9.59 Å². The summed E-state index contributed by atoms with van der Waals surface area (Å²) in [5.41, 5.74) is 1.02. The molecule has 2 aromatic carbocycles. The van der Waals surface area contributed by atoms with Crippen molar-refractivity contribution in [1.82, 2.24) is 0 Å². The van der Waals surface area contributed by atoms with Crippen LogP contribution in [0.2, 0.25) is 0 Å². The first-order valence-corrected chi connectivity index (χ1v) is 7.10. The first-order valence-electron chi connectivity index (χ1n) is 6.02. The van der Waals surface area contributed by atoms with Crippen molar-refractivity contribution in [2.75, 3.05) is 4.90 Å². The monoisotopic (exact) mass is 393 g/mol. The van der Waals surface area contributed by atoms with E-state index in [1.807, 2.05) is 22.6 Å². The fourth-order valence-electron chi connectivity index (χ4n) is 2.27. The van der Waals surface area contributed by atoms with E-state index in [1.54, 1.807) is 30.3 Å². The van der Waals surface area contributed by atoms with E-state index in [2.05, 4.69) is 0 Å². The van der Waals surface area contributed by atoms with Crippen LogP contribution in [0.15, 0.2) is 42.5 Å². The third kappa shape index (κ3) is 2.02. The smallest absolute Gasteiger partial charge is 0.336 e. The Kier molecular flexibility index (Phi) is 3.25. The molecule has 0 saturated heterocycles. The number of amides is 2. The summed E-state index contributed by atoms with van der Waals surface area (Å²) in [4.78, 5) is 37.0. The fraction of sp³-hybridized carbons (Fsp3) is 0. The molecule has 6 heteroatoms. The highest BCUT2D eigenvalue weighted by Gasteiger charge is 2.37. The minimum Gasteiger partial charge on any atom is -0.478 e. The number of carboxylic acids is 1. The molecule has 0 saturated carbocycles. The van der Waals surface area contributed by atoms with Crippen LogP contribution >= 0.6 is 22.6 Å². The van der Waals surface area contributed by atoms with Gasteiger partial charge in [0.1, 0.15) is 0 Å². The van der Waals surface area contributed by atoms with Crippen molar-refractivity contribution in [3.8, 4) is 0 Å². The van der Waals surface area contributed by atoms with E-state index in [1.165, 1.54) is 12.1 Å². The molecule has 0 spiro atoms. The first-order chi connectivity index (χ1) is 10.0. The predicted octanol–water partition coefficient (Wildman–Crippen LogP) is 2.79. The number of aromatic carboxylic acids is 1. The Morgan fingerprint density at radius 2 is 1.52 bits per heavy atom. The van der Waals surface area contributed by atoms with E-state index in [4.69, 9.17) is 5.11 Å². The topological polar surface area (TPSA) is 74.7 Å². The summed E-state index contributed by atoms with van der Waals surface area (Å²) in [6.45, 7) is 0. The lowest BCUT2D eigenvalue weighted by Gasteiger charge is -2.16. The van der Waals surface area contributed by atoms with E-state index >= 15 is 0 Å². The molecule has 0 aliphatic carbocycles. The molecule has 1 heterocycles. The van der Waals surface area contributed by atoms with Gasteiger partial charge in [0, 0.05) is 0 Å². The molecule has 1 aliphatic heterocycles. The van der Waals surface area contributed by atoms with Crippen LogP contribution in [0.4, 0.5) is 5.69 Å². The molecule has 0 bridgehead atoms. The van der Waals surface area contributed by atoms with E-state index in [0.29, 0.717) is 20.4 Å². The van der Waals surface area contributed by atoms with Crippen molar-refractivity contribution >= 4 is 46.1 Å². The summed E-state index contributed by atoms with van der Waals surface area (Å²) in [5.74, 6) is -1.97. The molecule has 104 valence electrons. The van der Waals surface area contributed by atoms with Crippen molar-refractivity contribution in [3.63, 3.8) is 0 Å². The Morgan fingerprint density at radius 1 is 0.952 bits per heavy atom. The highest BCUT2D eigenvalue weighted by atomic mass is 127. The van der Waals surface area contributed by atoms with Crippen LogP contribution < -0.4 is 4.90 Å².